The van der Waals surface area contributed by atoms with Crippen LogP contribution in [-0.2, 0) is 18.5 Å². The highest BCUT2D eigenvalue weighted by Crippen LogP contribution is 2.49. The van der Waals surface area contributed by atoms with Gasteiger partial charge >= 0.3 is 0 Å². The Kier molecular flexibility index (Phi) is 10.7. The van der Waals surface area contributed by atoms with E-state index in [0.717, 1.165) is 0 Å². The monoisotopic (exact) mass is 583 g/mol. The summed E-state index contributed by atoms with van der Waals surface area (Å²) in [6, 6.07) is 11.5. The number of fused-ring (bicyclic) bond motifs is 1. The van der Waals surface area contributed by atoms with Gasteiger partial charge in [-0.1, -0.05) is 18.2 Å². The molecule has 0 spiro atoms. The minimum atomic E-state index is -1.49. The van der Waals surface area contributed by atoms with Crippen molar-refractivity contribution in [3.8, 4) is 6.07 Å². The molecule has 0 saturated carbocycles. The number of carbonyl (C=O) groups excluding carboxylic acids is 1. The number of aromatic nitrogens is 4. The number of amides is 1. The highest BCUT2D eigenvalue weighted by molar-refractivity contribution is 7.44. The first kappa shape index (κ1) is 30.9. The fraction of sp³-hybridized carbons (Fsp3) is 0.536. The lowest BCUT2D eigenvalue weighted by atomic mass is 10.2. The highest BCUT2D eigenvalue weighted by Gasteiger charge is 2.44. The van der Waals surface area contributed by atoms with Gasteiger partial charge in [0.25, 0.3) is 14.4 Å². The Bertz CT molecular complexity index is 1320. The van der Waals surface area contributed by atoms with E-state index in [1.165, 1.54) is 6.33 Å². The van der Waals surface area contributed by atoms with Crippen molar-refractivity contribution in [3.05, 3.63) is 48.5 Å². The summed E-state index contributed by atoms with van der Waals surface area (Å²) in [5, 5.41) is 9.03. The quantitative estimate of drug-likeness (QED) is 0.206. The number of nitrogens with zero attached hydrogens (tertiary/aromatic N) is 7. The van der Waals surface area contributed by atoms with Crippen molar-refractivity contribution in [2.45, 2.75) is 71.6 Å². The number of ether oxygens (including phenoxy) is 2. The summed E-state index contributed by atoms with van der Waals surface area (Å²) in [6.45, 7) is 11.2. The summed E-state index contributed by atoms with van der Waals surface area (Å²) < 4.78 is 28.7. The van der Waals surface area contributed by atoms with E-state index >= 15 is 0 Å². The number of anilines is 1. The van der Waals surface area contributed by atoms with Crippen molar-refractivity contribution in [1.29, 1.82) is 5.26 Å². The Balaban J connectivity index is 1.61. The SMILES string of the molecule is CCN(C(=O)c1ccccc1)c1ncnc2c1ncn2C1OCC(OP(OCCC#N)N(C(C)C)C(C)C)C1OC. The maximum Gasteiger partial charge on any atom is 0.259 e. The Morgan fingerprint density at radius 1 is 1.20 bits per heavy atom. The Labute approximate surface area is 242 Å². The number of hydrogen-bond donors (Lipinski definition) is 0. The van der Waals surface area contributed by atoms with Gasteiger partial charge in [0, 0.05) is 31.3 Å². The number of nitriles is 1. The summed E-state index contributed by atoms with van der Waals surface area (Å²) >= 11 is 0. The molecule has 41 heavy (non-hydrogen) atoms. The third-order valence-electron chi connectivity index (χ3n) is 6.69. The van der Waals surface area contributed by atoms with Crippen LogP contribution in [0.1, 0.15) is 57.6 Å². The van der Waals surface area contributed by atoms with Gasteiger partial charge in [0.05, 0.1) is 32.0 Å². The molecule has 0 bridgehead atoms. The Hall–Kier alpha value is -3.04. The molecular weight excluding hydrogens is 545 g/mol. The summed E-state index contributed by atoms with van der Waals surface area (Å²) in [5.74, 6) is 0.247. The molecule has 4 unspecified atom stereocenters. The molecule has 1 aliphatic heterocycles. The molecular formula is C28H38N7O5P. The maximum absolute atomic E-state index is 13.3. The van der Waals surface area contributed by atoms with Crippen LogP contribution in [0.5, 0.6) is 0 Å². The second-order valence-electron chi connectivity index (χ2n) is 10.1. The van der Waals surface area contributed by atoms with Crippen LogP contribution in [0, 0.1) is 11.3 Å². The molecule has 0 radical (unpaired) electrons. The summed E-state index contributed by atoms with van der Waals surface area (Å²) in [6.07, 6.45) is 1.80. The molecule has 0 aliphatic carbocycles. The smallest absolute Gasteiger partial charge is 0.259 e. The average Bonchev–Trinajstić information content (AvgIpc) is 3.57. The number of hydrogen-bond acceptors (Lipinski definition) is 10. The van der Waals surface area contributed by atoms with Crippen molar-refractivity contribution in [1.82, 2.24) is 24.2 Å². The first-order valence-electron chi connectivity index (χ1n) is 13.8. The minimum absolute atomic E-state index is 0.162. The number of imidazole rings is 1. The minimum Gasteiger partial charge on any atom is -0.374 e. The molecule has 13 heteroatoms. The normalized spacial score (nSPS) is 19.8. The highest BCUT2D eigenvalue weighted by atomic mass is 31.2. The van der Waals surface area contributed by atoms with Crippen LogP contribution in [0.2, 0.25) is 0 Å². The predicted molar refractivity (Wildman–Crippen MR) is 155 cm³/mol. The fourth-order valence-electron chi connectivity index (χ4n) is 4.92. The number of methoxy groups -OCH3 is 1. The van der Waals surface area contributed by atoms with Gasteiger partial charge in [-0.2, -0.15) is 5.26 Å². The van der Waals surface area contributed by atoms with E-state index in [4.69, 9.17) is 23.8 Å². The third-order valence-corrected chi connectivity index (χ3v) is 8.85. The van der Waals surface area contributed by atoms with E-state index in [0.29, 0.717) is 29.1 Å². The van der Waals surface area contributed by atoms with Crippen LogP contribution in [0.15, 0.2) is 43.0 Å². The van der Waals surface area contributed by atoms with Crippen molar-refractivity contribution in [2.75, 3.05) is 31.8 Å². The summed E-state index contributed by atoms with van der Waals surface area (Å²) in [7, 11) is 0.125. The third kappa shape index (κ3) is 6.72. The Morgan fingerprint density at radius 2 is 1.93 bits per heavy atom. The largest absolute Gasteiger partial charge is 0.374 e. The van der Waals surface area contributed by atoms with Gasteiger partial charge in [0.2, 0.25) is 0 Å². The second kappa shape index (κ2) is 14.2. The van der Waals surface area contributed by atoms with Crippen LogP contribution in [-0.4, -0.2) is 81.3 Å². The van der Waals surface area contributed by atoms with Crippen LogP contribution in [0.4, 0.5) is 5.82 Å². The molecule has 220 valence electrons. The lowest BCUT2D eigenvalue weighted by Gasteiger charge is -2.37. The number of benzene rings is 1. The standard InChI is InChI=1S/C28H38N7O5P/c1-7-33(27(36)21-12-9-8-10-13-21)25-23-26(31-17-30-25)34(18-32-23)28-24(37-6)22(16-38-28)40-41(39-15-11-14-29)35(19(2)3)20(4)5/h8-10,12-13,17-20,22,24,28H,7,11,15-16H2,1-6H3. The molecule has 1 amide bonds. The molecule has 1 aromatic carbocycles. The molecule has 1 saturated heterocycles. The van der Waals surface area contributed by atoms with Crippen molar-refractivity contribution < 1.29 is 23.3 Å². The predicted octanol–water partition coefficient (Wildman–Crippen LogP) is 4.70. The zero-order valence-electron chi connectivity index (χ0n) is 24.4. The molecule has 0 N–H and O–H groups in total. The van der Waals surface area contributed by atoms with Gasteiger partial charge < -0.3 is 18.5 Å². The first-order chi connectivity index (χ1) is 19.8. The molecule has 4 atom stereocenters. The maximum atomic E-state index is 13.3. The fourth-order valence-corrected chi connectivity index (χ4v) is 6.64. The van der Waals surface area contributed by atoms with E-state index in [9.17, 15) is 4.79 Å². The molecule has 12 nitrogen and oxygen atoms in total. The lowest BCUT2D eigenvalue weighted by molar-refractivity contribution is -0.0397. The number of carbonyl (C=O) groups is 1. The molecule has 3 heterocycles. The summed E-state index contributed by atoms with van der Waals surface area (Å²) in [4.78, 5) is 28.4. The zero-order chi connectivity index (χ0) is 29.5. The lowest BCUT2D eigenvalue weighted by Crippen LogP contribution is -2.37. The van der Waals surface area contributed by atoms with Gasteiger partial charge in [0.1, 0.15) is 18.5 Å². The second-order valence-corrected chi connectivity index (χ2v) is 11.5. The van der Waals surface area contributed by atoms with Crippen LogP contribution >= 0.6 is 8.53 Å². The Morgan fingerprint density at radius 3 is 2.56 bits per heavy atom. The molecule has 2 aromatic heterocycles. The van der Waals surface area contributed by atoms with Crippen molar-refractivity contribution in [3.63, 3.8) is 0 Å². The van der Waals surface area contributed by atoms with Crippen LogP contribution in [0.25, 0.3) is 11.2 Å². The van der Waals surface area contributed by atoms with E-state index in [1.54, 1.807) is 35.0 Å². The van der Waals surface area contributed by atoms with Crippen molar-refractivity contribution in [2.24, 2.45) is 0 Å². The first-order valence-corrected chi connectivity index (χ1v) is 14.9. The van der Waals surface area contributed by atoms with Gasteiger partial charge in [0.15, 0.2) is 23.2 Å². The van der Waals surface area contributed by atoms with E-state index in [2.05, 4.69) is 53.4 Å². The molecule has 1 aliphatic rings. The van der Waals surface area contributed by atoms with E-state index < -0.39 is 27.0 Å². The molecule has 4 rings (SSSR count). The molecule has 1 fully saturated rings. The van der Waals surface area contributed by atoms with Crippen LogP contribution in [0.3, 0.4) is 0 Å². The van der Waals surface area contributed by atoms with Gasteiger partial charge in [-0.3, -0.25) is 14.3 Å². The van der Waals surface area contributed by atoms with Crippen molar-refractivity contribution >= 4 is 31.4 Å². The van der Waals surface area contributed by atoms with E-state index in [1.807, 2.05) is 25.1 Å². The molecule has 3 aromatic rings. The van der Waals surface area contributed by atoms with E-state index in [-0.39, 0.29) is 37.6 Å². The average molecular weight is 584 g/mol. The summed E-state index contributed by atoms with van der Waals surface area (Å²) in [5.41, 5.74) is 1.55. The number of rotatable bonds is 13. The topological polar surface area (TPSA) is 128 Å². The van der Waals surface area contributed by atoms with Gasteiger partial charge in [-0.05, 0) is 46.8 Å². The zero-order valence-corrected chi connectivity index (χ0v) is 25.3. The van der Waals surface area contributed by atoms with Gasteiger partial charge in [-0.15, -0.1) is 0 Å². The van der Waals surface area contributed by atoms with Crippen LogP contribution < -0.4 is 4.90 Å². The van der Waals surface area contributed by atoms with Gasteiger partial charge in [-0.25, -0.2) is 19.6 Å².